The molecule has 2 nitrogen and oxygen atoms in total. The average molecular weight is 195 g/mol. The zero-order chi connectivity index (χ0) is 10.6. The van der Waals surface area contributed by atoms with Crippen LogP contribution < -0.4 is 0 Å². The molecule has 1 aromatic heterocycles. The topological polar surface area (TPSA) is 30.0 Å². The maximum absolute atomic E-state index is 12.7. The van der Waals surface area contributed by atoms with Crippen molar-refractivity contribution in [3.05, 3.63) is 29.8 Å². The normalized spacial score (nSPS) is 12.5. The first-order chi connectivity index (χ1) is 6.63. The minimum Gasteiger partial charge on any atom is -0.294 e. The average Bonchev–Trinajstić information content (AvgIpc) is 2.17. The maximum atomic E-state index is 12.7. The highest BCUT2D eigenvalue weighted by Crippen LogP contribution is 2.12. The van der Waals surface area contributed by atoms with Gasteiger partial charge >= 0.3 is 0 Å². The molecule has 0 fully saturated rings. The fourth-order valence-electron chi connectivity index (χ4n) is 1.14. The van der Waals surface area contributed by atoms with Crippen molar-refractivity contribution in [3.8, 4) is 0 Å². The Labute approximate surface area is 83.2 Å². The van der Waals surface area contributed by atoms with E-state index in [-0.39, 0.29) is 5.78 Å². The minimum atomic E-state index is -0.458. The van der Waals surface area contributed by atoms with Crippen LogP contribution in [0.15, 0.2) is 18.5 Å². The van der Waals surface area contributed by atoms with Crippen molar-refractivity contribution in [1.82, 2.24) is 4.98 Å². The SMILES string of the molecule is CCC(C)CC(=O)c1cncc(F)c1. The summed E-state index contributed by atoms with van der Waals surface area (Å²) in [4.78, 5) is 15.2. The molecule has 0 aromatic carbocycles. The van der Waals surface area contributed by atoms with E-state index >= 15 is 0 Å². The van der Waals surface area contributed by atoms with Crippen LogP contribution in [-0.2, 0) is 0 Å². The van der Waals surface area contributed by atoms with E-state index in [1.807, 2.05) is 13.8 Å². The van der Waals surface area contributed by atoms with E-state index in [9.17, 15) is 9.18 Å². The van der Waals surface area contributed by atoms with E-state index in [2.05, 4.69) is 4.98 Å². The summed E-state index contributed by atoms with van der Waals surface area (Å²) >= 11 is 0. The molecule has 0 aliphatic carbocycles. The quantitative estimate of drug-likeness (QED) is 0.691. The largest absolute Gasteiger partial charge is 0.294 e. The molecule has 0 saturated carbocycles. The third-order valence-electron chi connectivity index (χ3n) is 2.26. The summed E-state index contributed by atoms with van der Waals surface area (Å²) in [5, 5.41) is 0. The van der Waals surface area contributed by atoms with E-state index in [0.29, 0.717) is 17.9 Å². The minimum absolute atomic E-state index is 0.0358. The Hall–Kier alpha value is -1.25. The van der Waals surface area contributed by atoms with Crippen LogP contribution in [0, 0.1) is 11.7 Å². The highest BCUT2D eigenvalue weighted by molar-refractivity contribution is 5.95. The Morgan fingerprint density at radius 1 is 1.57 bits per heavy atom. The van der Waals surface area contributed by atoms with Gasteiger partial charge in [-0.3, -0.25) is 9.78 Å². The van der Waals surface area contributed by atoms with Crippen LogP contribution in [0.5, 0.6) is 0 Å². The molecule has 0 aliphatic rings. The monoisotopic (exact) mass is 195 g/mol. The predicted molar refractivity (Wildman–Crippen MR) is 52.6 cm³/mol. The summed E-state index contributed by atoms with van der Waals surface area (Å²) in [6, 6.07) is 1.23. The van der Waals surface area contributed by atoms with E-state index in [4.69, 9.17) is 0 Å². The molecule has 0 N–H and O–H groups in total. The molecule has 3 heteroatoms. The standard InChI is InChI=1S/C11H14FNO/c1-3-8(2)4-11(14)9-5-10(12)7-13-6-9/h5-8H,3-4H2,1-2H3. The van der Waals surface area contributed by atoms with Crippen molar-refractivity contribution in [1.29, 1.82) is 0 Å². The number of hydrogen-bond acceptors (Lipinski definition) is 2. The summed E-state index contributed by atoms with van der Waals surface area (Å²) in [7, 11) is 0. The van der Waals surface area contributed by atoms with Crippen LogP contribution in [0.25, 0.3) is 0 Å². The Morgan fingerprint density at radius 2 is 2.29 bits per heavy atom. The number of ketones is 1. The Bertz CT molecular complexity index is 325. The second-order valence-corrected chi connectivity index (χ2v) is 3.53. The van der Waals surface area contributed by atoms with E-state index in [0.717, 1.165) is 12.6 Å². The number of hydrogen-bond donors (Lipinski definition) is 0. The summed E-state index contributed by atoms with van der Waals surface area (Å²) in [6.45, 7) is 4.03. The summed E-state index contributed by atoms with van der Waals surface area (Å²) in [5.74, 6) is -0.155. The Balaban J connectivity index is 2.70. The number of halogens is 1. The summed E-state index contributed by atoms with van der Waals surface area (Å²) < 4.78 is 12.7. The summed E-state index contributed by atoms with van der Waals surface area (Å²) in [5.41, 5.74) is 0.366. The van der Waals surface area contributed by atoms with Crippen LogP contribution in [0.2, 0.25) is 0 Å². The molecule has 1 aromatic rings. The number of aromatic nitrogens is 1. The molecule has 0 spiro atoms. The molecular formula is C11H14FNO. The molecular weight excluding hydrogens is 181 g/mol. The van der Waals surface area contributed by atoms with Crippen molar-refractivity contribution < 1.29 is 9.18 Å². The van der Waals surface area contributed by atoms with Gasteiger partial charge in [0.25, 0.3) is 0 Å². The predicted octanol–water partition coefficient (Wildman–Crippen LogP) is 2.84. The summed E-state index contributed by atoms with van der Waals surface area (Å²) in [6.07, 6.45) is 3.92. The molecule has 14 heavy (non-hydrogen) atoms. The molecule has 0 radical (unpaired) electrons. The van der Waals surface area contributed by atoms with Crippen LogP contribution >= 0.6 is 0 Å². The molecule has 76 valence electrons. The van der Waals surface area contributed by atoms with Gasteiger partial charge in [0.15, 0.2) is 5.78 Å². The van der Waals surface area contributed by atoms with Crippen molar-refractivity contribution in [2.24, 2.45) is 5.92 Å². The van der Waals surface area contributed by atoms with Gasteiger partial charge in [-0.25, -0.2) is 4.39 Å². The van der Waals surface area contributed by atoms with E-state index in [1.165, 1.54) is 12.3 Å². The fourth-order valence-corrected chi connectivity index (χ4v) is 1.14. The number of carbonyl (C=O) groups is 1. The molecule has 0 amide bonds. The van der Waals surface area contributed by atoms with Crippen LogP contribution in [0.4, 0.5) is 4.39 Å². The van der Waals surface area contributed by atoms with Crippen LogP contribution in [0.1, 0.15) is 37.0 Å². The van der Waals surface area contributed by atoms with Gasteiger partial charge in [-0.2, -0.15) is 0 Å². The fraction of sp³-hybridized carbons (Fsp3) is 0.455. The second kappa shape index (κ2) is 4.84. The highest BCUT2D eigenvalue weighted by atomic mass is 19.1. The first-order valence-electron chi connectivity index (χ1n) is 4.77. The molecule has 1 atom stereocenters. The molecule has 1 heterocycles. The van der Waals surface area contributed by atoms with Gasteiger partial charge in [0.1, 0.15) is 5.82 Å². The smallest absolute Gasteiger partial charge is 0.164 e. The van der Waals surface area contributed by atoms with E-state index < -0.39 is 5.82 Å². The third-order valence-corrected chi connectivity index (χ3v) is 2.26. The Morgan fingerprint density at radius 3 is 2.86 bits per heavy atom. The van der Waals surface area contributed by atoms with Crippen molar-refractivity contribution >= 4 is 5.78 Å². The molecule has 0 saturated heterocycles. The molecule has 1 unspecified atom stereocenters. The number of Topliss-reactive ketones (excluding diaryl/α,β-unsaturated/α-hetero) is 1. The first-order valence-corrected chi connectivity index (χ1v) is 4.77. The zero-order valence-electron chi connectivity index (χ0n) is 8.46. The van der Waals surface area contributed by atoms with Gasteiger partial charge in [0, 0.05) is 18.2 Å². The van der Waals surface area contributed by atoms with Crippen molar-refractivity contribution in [3.63, 3.8) is 0 Å². The van der Waals surface area contributed by atoms with Gasteiger partial charge in [-0.1, -0.05) is 20.3 Å². The van der Waals surface area contributed by atoms with Crippen molar-refractivity contribution in [2.45, 2.75) is 26.7 Å². The van der Waals surface area contributed by atoms with Gasteiger partial charge in [0.2, 0.25) is 0 Å². The van der Waals surface area contributed by atoms with Crippen LogP contribution in [-0.4, -0.2) is 10.8 Å². The van der Waals surface area contributed by atoms with Gasteiger partial charge < -0.3 is 0 Å². The Kier molecular flexibility index (Phi) is 3.74. The maximum Gasteiger partial charge on any atom is 0.164 e. The zero-order valence-corrected chi connectivity index (χ0v) is 8.46. The lowest BCUT2D eigenvalue weighted by Gasteiger charge is -2.06. The lowest BCUT2D eigenvalue weighted by atomic mass is 9.99. The molecule has 0 bridgehead atoms. The molecule has 0 aliphatic heterocycles. The third kappa shape index (κ3) is 2.91. The number of nitrogens with zero attached hydrogens (tertiary/aromatic N) is 1. The highest BCUT2D eigenvalue weighted by Gasteiger charge is 2.10. The second-order valence-electron chi connectivity index (χ2n) is 3.53. The van der Waals surface area contributed by atoms with Gasteiger partial charge in [0.05, 0.1) is 6.20 Å². The van der Waals surface area contributed by atoms with Crippen LogP contribution in [0.3, 0.4) is 0 Å². The van der Waals surface area contributed by atoms with Crippen molar-refractivity contribution in [2.75, 3.05) is 0 Å². The number of carbonyl (C=O) groups excluding carboxylic acids is 1. The van der Waals surface area contributed by atoms with Gasteiger partial charge in [-0.05, 0) is 12.0 Å². The first kappa shape index (κ1) is 10.8. The number of rotatable bonds is 4. The lowest BCUT2D eigenvalue weighted by molar-refractivity contribution is 0.0963. The molecule has 1 rings (SSSR count). The van der Waals surface area contributed by atoms with E-state index in [1.54, 1.807) is 0 Å². The van der Waals surface area contributed by atoms with Gasteiger partial charge in [-0.15, -0.1) is 0 Å². The number of pyridine rings is 1. The lowest BCUT2D eigenvalue weighted by Crippen LogP contribution is -2.06.